The van der Waals surface area contributed by atoms with Crippen molar-refractivity contribution in [3.63, 3.8) is 0 Å². The predicted octanol–water partition coefficient (Wildman–Crippen LogP) is 3.05. The molecule has 0 saturated carbocycles. The largest absolute Gasteiger partial charge is 0.508 e. The molecule has 0 bridgehead atoms. The number of nitrogens with zero attached hydrogens (tertiary/aromatic N) is 3. The van der Waals surface area contributed by atoms with Crippen molar-refractivity contribution >= 4 is 0 Å². The van der Waals surface area contributed by atoms with E-state index in [1.54, 1.807) is 6.07 Å². The second-order valence-corrected chi connectivity index (χ2v) is 7.64. The van der Waals surface area contributed by atoms with Gasteiger partial charge in [0.25, 0.3) is 0 Å². The quantitative estimate of drug-likeness (QED) is 0.887. The van der Waals surface area contributed by atoms with Crippen LogP contribution in [0.15, 0.2) is 18.3 Å². The van der Waals surface area contributed by atoms with Crippen LogP contribution in [0.25, 0.3) is 0 Å². The van der Waals surface area contributed by atoms with Crippen LogP contribution in [0.3, 0.4) is 0 Å². The van der Waals surface area contributed by atoms with Gasteiger partial charge < -0.3 is 10.2 Å². The van der Waals surface area contributed by atoms with Crippen molar-refractivity contribution in [1.29, 1.82) is 0 Å². The van der Waals surface area contributed by atoms with Gasteiger partial charge in [0.15, 0.2) is 0 Å². The van der Waals surface area contributed by atoms with Crippen LogP contribution in [0.5, 0.6) is 11.5 Å². The van der Waals surface area contributed by atoms with Gasteiger partial charge in [0.05, 0.1) is 0 Å². The van der Waals surface area contributed by atoms with E-state index < -0.39 is 0 Å². The van der Waals surface area contributed by atoms with E-state index in [-0.39, 0.29) is 16.9 Å². The minimum Gasteiger partial charge on any atom is -0.508 e. The zero-order valence-electron chi connectivity index (χ0n) is 14.8. The lowest BCUT2D eigenvalue weighted by atomic mass is 9.95. The lowest BCUT2D eigenvalue weighted by Crippen LogP contribution is -2.32. The number of phenols is 2. The topological polar surface area (TPSA) is 69.5 Å². The number of fused-ring (bicyclic) bond motifs is 1. The van der Waals surface area contributed by atoms with Crippen molar-refractivity contribution in [3.05, 3.63) is 46.5 Å². The molecule has 1 aliphatic rings. The van der Waals surface area contributed by atoms with Crippen molar-refractivity contribution in [2.24, 2.45) is 0 Å². The highest BCUT2D eigenvalue weighted by Gasteiger charge is 2.23. The number of phenolic OH excluding ortho intramolecular Hbond substituents is 2. The average Bonchev–Trinajstić information content (AvgIpc) is 2.49. The summed E-state index contributed by atoms with van der Waals surface area (Å²) in [5.41, 5.74) is 4.02. The Balaban J connectivity index is 1.79. The zero-order chi connectivity index (χ0) is 17.5. The summed E-state index contributed by atoms with van der Waals surface area (Å²) in [5, 5.41) is 19.7. The summed E-state index contributed by atoms with van der Waals surface area (Å²) >= 11 is 0. The molecule has 3 rings (SSSR count). The highest BCUT2D eigenvalue weighted by atomic mass is 16.3. The highest BCUT2D eigenvalue weighted by molar-refractivity contribution is 5.44. The molecule has 2 N–H and O–H groups in total. The fourth-order valence-corrected chi connectivity index (χ4v) is 3.08. The van der Waals surface area contributed by atoms with Gasteiger partial charge in [-0.2, -0.15) is 0 Å². The zero-order valence-corrected chi connectivity index (χ0v) is 14.8. The molecule has 1 aliphatic heterocycles. The summed E-state index contributed by atoms with van der Waals surface area (Å²) in [4.78, 5) is 11.6. The third kappa shape index (κ3) is 3.36. The molecule has 128 valence electrons. The normalized spacial score (nSPS) is 15.3. The van der Waals surface area contributed by atoms with E-state index >= 15 is 0 Å². The predicted molar refractivity (Wildman–Crippen MR) is 93.1 cm³/mol. The smallest absolute Gasteiger partial charge is 0.133 e. The maximum absolute atomic E-state index is 10.1. The van der Waals surface area contributed by atoms with Crippen LogP contribution in [0.2, 0.25) is 0 Å². The van der Waals surface area contributed by atoms with Crippen LogP contribution >= 0.6 is 0 Å². The number of aromatic hydroxyl groups is 2. The minimum absolute atomic E-state index is 0.0406. The van der Waals surface area contributed by atoms with Crippen LogP contribution in [0.1, 0.15) is 49.0 Å². The molecule has 1 aromatic carbocycles. The Kier molecular flexibility index (Phi) is 4.22. The van der Waals surface area contributed by atoms with E-state index in [0.29, 0.717) is 6.54 Å². The van der Waals surface area contributed by atoms with Crippen LogP contribution < -0.4 is 0 Å². The molecule has 5 nitrogen and oxygen atoms in total. The Morgan fingerprint density at radius 2 is 1.96 bits per heavy atom. The standard InChI is InChI=1S/C19H25N3O2/c1-12-7-14(23)8-17(24)15(12)11-22-6-5-16-13(10-22)9-20-18(21-16)19(2,3)4/h7-9,23-24H,5-6,10-11H2,1-4H3. The second-order valence-electron chi connectivity index (χ2n) is 7.64. The first kappa shape index (κ1) is 16.7. The number of hydrogen-bond acceptors (Lipinski definition) is 5. The Morgan fingerprint density at radius 1 is 1.21 bits per heavy atom. The molecule has 0 aliphatic carbocycles. The molecular formula is C19H25N3O2. The molecule has 2 heterocycles. The van der Waals surface area contributed by atoms with E-state index in [0.717, 1.165) is 47.7 Å². The lowest BCUT2D eigenvalue weighted by molar-refractivity contribution is 0.238. The molecule has 5 heteroatoms. The molecule has 2 aromatic rings. The van der Waals surface area contributed by atoms with Crippen LogP contribution in [-0.4, -0.2) is 31.6 Å². The van der Waals surface area contributed by atoms with Gasteiger partial charge in [0.2, 0.25) is 0 Å². The first-order valence-electron chi connectivity index (χ1n) is 8.33. The summed E-state index contributed by atoms with van der Waals surface area (Å²) in [6, 6.07) is 3.09. The van der Waals surface area contributed by atoms with Gasteiger partial charge in [0.1, 0.15) is 17.3 Å². The van der Waals surface area contributed by atoms with Gasteiger partial charge in [-0.1, -0.05) is 20.8 Å². The van der Waals surface area contributed by atoms with E-state index in [9.17, 15) is 10.2 Å². The van der Waals surface area contributed by atoms with Gasteiger partial charge in [-0.3, -0.25) is 4.90 Å². The summed E-state index contributed by atoms with van der Waals surface area (Å²) in [6.07, 6.45) is 2.83. The molecule has 1 aromatic heterocycles. The molecule has 0 atom stereocenters. The SMILES string of the molecule is Cc1cc(O)cc(O)c1CN1CCc2nc(C(C)(C)C)ncc2C1. The van der Waals surface area contributed by atoms with Crippen molar-refractivity contribution < 1.29 is 10.2 Å². The fraction of sp³-hybridized carbons (Fsp3) is 0.474. The van der Waals surface area contributed by atoms with Gasteiger partial charge >= 0.3 is 0 Å². The molecule has 0 radical (unpaired) electrons. The van der Waals surface area contributed by atoms with Crippen molar-refractivity contribution in [2.75, 3.05) is 6.54 Å². The van der Waals surface area contributed by atoms with Crippen LogP contribution in [-0.2, 0) is 24.9 Å². The molecule has 24 heavy (non-hydrogen) atoms. The average molecular weight is 327 g/mol. The Morgan fingerprint density at radius 3 is 2.62 bits per heavy atom. The number of aryl methyl sites for hydroxylation is 1. The maximum atomic E-state index is 10.1. The van der Waals surface area contributed by atoms with Gasteiger partial charge in [0, 0.05) is 60.6 Å². The molecule has 0 unspecified atom stereocenters. The molecule has 0 amide bonds. The van der Waals surface area contributed by atoms with Crippen molar-refractivity contribution in [2.45, 2.75) is 52.6 Å². The van der Waals surface area contributed by atoms with Crippen molar-refractivity contribution in [3.8, 4) is 11.5 Å². The first-order chi connectivity index (χ1) is 11.2. The van der Waals surface area contributed by atoms with Gasteiger partial charge in [-0.25, -0.2) is 9.97 Å². The number of rotatable bonds is 2. The van der Waals surface area contributed by atoms with Crippen LogP contribution in [0.4, 0.5) is 0 Å². The summed E-state index contributed by atoms with van der Waals surface area (Å²) < 4.78 is 0. The number of hydrogen-bond donors (Lipinski definition) is 2. The summed E-state index contributed by atoms with van der Waals surface area (Å²) in [5.74, 6) is 1.14. The first-order valence-corrected chi connectivity index (χ1v) is 8.33. The highest BCUT2D eigenvalue weighted by Crippen LogP contribution is 2.29. The number of benzene rings is 1. The Hall–Kier alpha value is -2.14. The van der Waals surface area contributed by atoms with E-state index in [2.05, 4.69) is 30.7 Å². The third-order valence-corrected chi connectivity index (χ3v) is 4.50. The molecule has 0 spiro atoms. The monoisotopic (exact) mass is 327 g/mol. The van der Waals surface area contributed by atoms with Crippen LogP contribution in [0, 0.1) is 6.92 Å². The van der Waals surface area contributed by atoms with E-state index in [4.69, 9.17) is 4.98 Å². The summed E-state index contributed by atoms with van der Waals surface area (Å²) in [7, 11) is 0. The minimum atomic E-state index is -0.0406. The summed E-state index contributed by atoms with van der Waals surface area (Å²) in [6.45, 7) is 10.6. The van der Waals surface area contributed by atoms with Crippen molar-refractivity contribution in [1.82, 2.24) is 14.9 Å². The molecular weight excluding hydrogens is 302 g/mol. The second kappa shape index (κ2) is 6.06. The Labute approximate surface area is 143 Å². The van der Waals surface area contributed by atoms with E-state index in [1.807, 2.05) is 13.1 Å². The van der Waals surface area contributed by atoms with Gasteiger partial charge in [-0.05, 0) is 18.6 Å². The van der Waals surface area contributed by atoms with E-state index in [1.165, 1.54) is 6.07 Å². The fourth-order valence-electron chi connectivity index (χ4n) is 3.08. The molecule has 0 saturated heterocycles. The van der Waals surface area contributed by atoms with Gasteiger partial charge in [-0.15, -0.1) is 0 Å². The molecule has 0 fully saturated rings. The maximum Gasteiger partial charge on any atom is 0.133 e. The third-order valence-electron chi connectivity index (χ3n) is 4.50. The Bertz CT molecular complexity index is 743. The number of aromatic nitrogens is 2. The lowest BCUT2D eigenvalue weighted by Gasteiger charge is -2.29.